The van der Waals surface area contributed by atoms with Gasteiger partial charge in [0.1, 0.15) is 12.7 Å². The lowest BCUT2D eigenvalue weighted by Crippen LogP contribution is -2.10. The lowest BCUT2D eigenvalue weighted by molar-refractivity contribution is 0.0730. The lowest BCUT2D eigenvalue weighted by Gasteiger charge is -2.10. The van der Waals surface area contributed by atoms with Crippen LogP contribution in [0.25, 0.3) is 0 Å². The average Bonchev–Trinajstić information content (AvgIpc) is 3.14. The molecule has 3 aromatic rings. The minimum atomic E-state index is -0.615. The summed E-state index contributed by atoms with van der Waals surface area (Å²) in [7, 11) is 1.47. The van der Waals surface area contributed by atoms with Crippen molar-refractivity contribution in [1.82, 2.24) is 14.9 Å². The summed E-state index contributed by atoms with van der Waals surface area (Å²) >= 11 is 11.9. The number of benzene rings is 2. The molecule has 1 heterocycles. The topological polar surface area (TPSA) is 78.6 Å². The van der Waals surface area contributed by atoms with Crippen molar-refractivity contribution in [3.63, 3.8) is 0 Å². The predicted molar refractivity (Wildman–Crippen MR) is 97.4 cm³/mol. The molecular weight excluding hydrogens is 379 g/mol. The van der Waals surface area contributed by atoms with Crippen LogP contribution in [0.15, 0.2) is 54.2 Å². The molecule has 0 saturated heterocycles. The van der Waals surface area contributed by atoms with Gasteiger partial charge in [0.15, 0.2) is 11.5 Å². The van der Waals surface area contributed by atoms with E-state index in [0.29, 0.717) is 10.8 Å². The Hall–Kier alpha value is -2.90. The van der Waals surface area contributed by atoms with Crippen molar-refractivity contribution in [3.05, 3.63) is 70.2 Å². The first-order chi connectivity index (χ1) is 12.6. The van der Waals surface area contributed by atoms with Crippen molar-refractivity contribution in [2.45, 2.75) is 0 Å². The molecule has 0 saturated carbocycles. The number of rotatable bonds is 5. The number of carbonyl (C=O) groups excluding carboxylic acids is 1. The average molecular weight is 391 g/mol. The molecule has 2 aromatic carbocycles. The highest BCUT2D eigenvalue weighted by Crippen LogP contribution is 2.29. The molecule has 0 bridgehead atoms. The molecule has 132 valence electrons. The summed E-state index contributed by atoms with van der Waals surface area (Å²) in [5.41, 5.74) is 0.941. The number of carbonyl (C=O) groups is 1. The van der Waals surface area contributed by atoms with Gasteiger partial charge in [0.25, 0.3) is 0 Å². The third kappa shape index (κ3) is 4.19. The highest BCUT2D eigenvalue weighted by Gasteiger charge is 2.16. The van der Waals surface area contributed by atoms with Gasteiger partial charge >= 0.3 is 5.97 Å². The van der Waals surface area contributed by atoms with Crippen LogP contribution in [-0.4, -0.2) is 34.2 Å². The zero-order valence-corrected chi connectivity index (χ0v) is 15.0. The van der Waals surface area contributed by atoms with Crippen LogP contribution in [0.3, 0.4) is 0 Å². The van der Waals surface area contributed by atoms with Gasteiger partial charge in [-0.05, 0) is 42.0 Å². The van der Waals surface area contributed by atoms with E-state index in [1.165, 1.54) is 36.6 Å². The molecule has 3 rings (SSSR count). The maximum atomic E-state index is 12.3. The van der Waals surface area contributed by atoms with E-state index in [4.69, 9.17) is 32.7 Å². The third-order valence-corrected chi connectivity index (χ3v) is 3.84. The molecule has 0 fully saturated rings. The Kier molecular flexibility index (Phi) is 5.50. The molecule has 0 atom stereocenters. The minimum Gasteiger partial charge on any atom is -0.493 e. The van der Waals surface area contributed by atoms with Crippen LogP contribution >= 0.6 is 23.2 Å². The van der Waals surface area contributed by atoms with Crippen LogP contribution in [0.5, 0.6) is 11.5 Å². The number of esters is 1. The lowest BCUT2D eigenvalue weighted by atomic mass is 10.2. The number of ether oxygens (including phenoxy) is 2. The van der Waals surface area contributed by atoms with Crippen LogP contribution in [-0.2, 0) is 0 Å². The first-order valence-corrected chi connectivity index (χ1v) is 8.06. The van der Waals surface area contributed by atoms with E-state index in [2.05, 4.69) is 15.3 Å². The Balaban J connectivity index is 1.80. The minimum absolute atomic E-state index is 0.205. The quantitative estimate of drug-likeness (QED) is 0.377. The van der Waals surface area contributed by atoms with Gasteiger partial charge in [0.2, 0.25) is 0 Å². The normalized spacial score (nSPS) is 10.9. The molecular formula is C17H12Cl2N4O3. The van der Waals surface area contributed by atoms with E-state index in [-0.39, 0.29) is 16.3 Å². The van der Waals surface area contributed by atoms with Crippen molar-refractivity contribution in [2.75, 3.05) is 7.11 Å². The standard InChI is InChI=1S/C17H12Cl2N4O3/c1-25-16-6-11(8-22-23-9-20-21-10-23)2-5-15(16)26-17(24)13-4-3-12(18)7-14(13)19/h2-10H,1H3. The Morgan fingerprint density at radius 1 is 1.12 bits per heavy atom. The van der Waals surface area contributed by atoms with Gasteiger partial charge in [0, 0.05) is 5.02 Å². The summed E-state index contributed by atoms with van der Waals surface area (Å²) in [6.07, 6.45) is 4.51. The van der Waals surface area contributed by atoms with Crippen LogP contribution in [0.4, 0.5) is 0 Å². The molecule has 0 radical (unpaired) electrons. The van der Waals surface area contributed by atoms with Crippen LogP contribution in [0.2, 0.25) is 10.0 Å². The fraction of sp³-hybridized carbons (Fsp3) is 0.0588. The molecule has 0 unspecified atom stereocenters. The molecule has 0 aliphatic rings. The van der Waals surface area contributed by atoms with Gasteiger partial charge < -0.3 is 9.47 Å². The third-order valence-electron chi connectivity index (χ3n) is 3.29. The molecule has 0 amide bonds. The molecule has 9 heteroatoms. The number of aromatic nitrogens is 3. The molecule has 26 heavy (non-hydrogen) atoms. The van der Waals surface area contributed by atoms with Gasteiger partial charge in [-0.1, -0.05) is 23.2 Å². The molecule has 7 nitrogen and oxygen atoms in total. The summed E-state index contributed by atoms with van der Waals surface area (Å²) in [5.74, 6) is 0.0111. The molecule has 0 N–H and O–H groups in total. The largest absolute Gasteiger partial charge is 0.493 e. The summed E-state index contributed by atoms with van der Waals surface area (Å²) in [6, 6.07) is 9.55. The summed E-state index contributed by atoms with van der Waals surface area (Å²) < 4.78 is 12.1. The fourth-order valence-corrected chi connectivity index (χ4v) is 2.53. The number of hydrogen-bond acceptors (Lipinski definition) is 6. The zero-order valence-electron chi connectivity index (χ0n) is 13.5. The summed E-state index contributed by atoms with van der Waals surface area (Å²) in [4.78, 5) is 12.3. The first kappa shape index (κ1) is 17.9. The first-order valence-electron chi connectivity index (χ1n) is 7.31. The maximum Gasteiger partial charge on any atom is 0.345 e. The number of nitrogens with zero attached hydrogens (tertiary/aromatic N) is 4. The number of methoxy groups -OCH3 is 1. The van der Waals surface area contributed by atoms with E-state index >= 15 is 0 Å². The van der Waals surface area contributed by atoms with Crippen molar-refractivity contribution in [1.29, 1.82) is 0 Å². The van der Waals surface area contributed by atoms with E-state index < -0.39 is 5.97 Å². The second-order valence-corrected chi connectivity index (χ2v) is 5.85. The Morgan fingerprint density at radius 2 is 1.88 bits per heavy atom. The highest BCUT2D eigenvalue weighted by molar-refractivity contribution is 6.36. The Bertz CT molecular complexity index is 959. The monoisotopic (exact) mass is 390 g/mol. The van der Waals surface area contributed by atoms with Crippen molar-refractivity contribution >= 4 is 35.4 Å². The van der Waals surface area contributed by atoms with Crippen molar-refractivity contribution in [2.24, 2.45) is 5.10 Å². The van der Waals surface area contributed by atoms with Crippen LogP contribution in [0.1, 0.15) is 15.9 Å². The van der Waals surface area contributed by atoms with E-state index in [9.17, 15) is 4.79 Å². The van der Waals surface area contributed by atoms with E-state index in [1.54, 1.807) is 30.5 Å². The van der Waals surface area contributed by atoms with E-state index in [0.717, 1.165) is 5.56 Å². The second-order valence-electron chi connectivity index (χ2n) is 5.01. The van der Waals surface area contributed by atoms with Gasteiger partial charge in [-0.3, -0.25) is 0 Å². The smallest absolute Gasteiger partial charge is 0.345 e. The van der Waals surface area contributed by atoms with Gasteiger partial charge in [-0.15, -0.1) is 10.2 Å². The van der Waals surface area contributed by atoms with Crippen LogP contribution < -0.4 is 9.47 Å². The Morgan fingerprint density at radius 3 is 2.58 bits per heavy atom. The van der Waals surface area contributed by atoms with Crippen molar-refractivity contribution in [3.8, 4) is 11.5 Å². The molecule has 1 aromatic heterocycles. The summed E-state index contributed by atoms with van der Waals surface area (Å²) in [5, 5.41) is 12.1. The molecule has 0 aliphatic carbocycles. The predicted octanol–water partition coefficient (Wildman–Crippen LogP) is 3.69. The van der Waals surface area contributed by atoms with Crippen molar-refractivity contribution < 1.29 is 14.3 Å². The van der Waals surface area contributed by atoms with E-state index in [1.807, 2.05) is 0 Å². The van der Waals surface area contributed by atoms with Gasteiger partial charge in [-0.2, -0.15) is 5.10 Å². The zero-order chi connectivity index (χ0) is 18.5. The molecule has 0 spiro atoms. The fourth-order valence-electron chi connectivity index (χ4n) is 2.05. The summed E-state index contributed by atoms with van der Waals surface area (Å²) in [6.45, 7) is 0. The number of hydrogen-bond donors (Lipinski definition) is 0. The SMILES string of the molecule is COc1cc(C=Nn2cnnc2)ccc1OC(=O)c1ccc(Cl)cc1Cl. The molecule has 0 aliphatic heterocycles. The second kappa shape index (κ2) is 7.99. The highest BCUT2D eigenvalue weighted by atomic mass is 35.5. The number of halogens is 2. The maximum absolute atomic E-state index is 12.3. The Labute approximate surface area is 158 Å². The van der Waals surface area contributed by atoms with Gasteiger partial charge in [-0.25, -0.2) is 9.47 Å². The van der Waals surface area contributed by atoms with Crippen LogP contribution in [0, 0.1) is 0 Å². The van der Waals surface area contributed by atoms with Gasteiger partial charge in [0.05, 0.1) is 23.9 Å².